The van der Waals surface area contributed by atoms with Crippen molar-refractivity contribution in [3.05, 3.63) is 59.2 Å². The average Bonchev–Trinajstić information content (AvgIpc) is 2.93. The van der Waals surface area contributed by atoms with Gasteiger partial charge in [-0.3, -0.25) is 0 Å². The number of ether oxygens (including phenoxy) is 1. The minimum absolute atomic E-state index is 0.0487. The monoisotopic (exact) mass is 544 g/mol. The second-order valence-electron chi connectivity index (χ2n) is 16.4. The molecule has 3 nitrogen and oxygen atoms in total. The molecule has 1 unspecified atom stereocenters. The van der Waals surface area contributed by atoms with Crippen LogP contribution in [0.15, 0.2) is 53.6 Å². The molecule has 40 heavy (non-hydrogen) atoms. The van der Waals surface area contributed by atoms with E-state index in [9.17, 15) is 9.90 Å². The Hall–Kier alpha value is -1.87. The number of carbonyl (C=O) groups is 1. The molecule has 0 saturated heterocycles. The van der Waals surface area contributed by atoms with Crippen LogP contribution in [0.25, 0.3) is 0 Å². The maximum atomic E-state index is 13.1. The van der Waals surface area contributed by atoms with Crippen LogP contribution in [-0.4, -0.2) is 23.8 Å². The molecule has 0 aromatic heterocycles. The standard InChI is InChI=1S/C37H52O3/c1-32(2)28-14-13-27-26(35(28,5)17-16-30(32)40-31(39)25-11-9-8-10-12-25)15-18-37(7)29-23-33(3,24-38)19-20-34(29,4)21-22-36(27,37)6/h8-13,15,28-30,38H,14,16-24H2,1-7H3/t28-,29?,30-,33+,34+,35+,36+,37-/m0/s1. The van der Waals surface area contributed by atoms with Crippen LogP contribution in [0, 0.1) is 44.3 Å². The average molecular weight is 545 g/mol. The van der Waals surface area contributed by atoms with Crippen LogP contribution in [0.4, 0.5) is 0 Å². The third-order valence-electron chi connectivity index (χ3n) is 13.9. The number of fused-ring (bicyclic) bond motifs is 7. The van der Waals surface area contributed by atoms with Crippen LogP contribution in [-0.2, 0) is 4.74 Å². The lowest BCUT2D eigenvalue weighted by Gasteiger charge is -2.69. The van der Waals surface area contributed by atoms with Crippen LogP contribution in [0.2, 0.25) is 0 Å². The third-order valence-corrected chi connectivity index (χ3v) is 13.9. The van der Waals surface area contributed by atoms with Crippen LogP contribution in [0.5, 0.6) is 0 Å². The van der Waals surface area contributed by atoms with E-state index in [0.29, 0.717) is 29.4 Å². The summed E-state index contributed by atoms with van der Waals surface area (Å²) in [5.41, 5.74) is 4.65. The summed E-state index contributed by atoms with van der Waals surface area (Å²) < 4.78 is 6.25. The number of esters is 1. The Morgan fingerprint density at radius 1 is 0.875 bits per heavy atom. The normalized spacial score (nSPS) is 45.5. The maximum absolute atomic E-state index is 13.1. The smallest absolute Gasteiger partial charge is 0.338 e. The summed E-state index contributed by atoms with van der Waals surface area (Å²) in [7, 11) is 0. The molecule has 6 rings (SSSR count). The van der Waals surface area contributed by atoms with Crippen molar-refractivity contribution in [2.75, 3.05) is 6.61 Å². The van der Waals surface area contributed by atoms with Gasteiger partial charge in [-0.05, 0) is 120 Å². The van der Waals surface area contributed by atoms with Gasteiger partial charge in [0, 0.05) is 12.0 Å². The van der Waals surface area contributed by atoms with Crippen LogP contribution in [0.1, 0.15) is 117 Å². The molecule has 5 aliphatic carbocycles. The van der Waals surface area contributed by atoms with Crippen molar-refractivity contribution in [2.45, 2.75) is 112 Å². The van der Waals surface area contributed by atoms with Crippen molar-refractivity contribution in [2.24, 2.45) is 44.3 Å². The lowest BCUT2D eigenvalue weighted by atomic mass is 9.36. The van der Waals surface area contributed by atoms with Crippen molar-refractivity contribution in [3.63, 3.8) is 0 Å². The summed E-state index contributed by atoms with van der Waals surface area (Å²) in [6, 6.07) is 9.46. The van der Waals surface area contributed by atoms with E-state index >= 15 is 0 Å². The van der Waals surface area contributed by atoms with Crippen molar-refractivity contribution < 1.29 is 14.6 Å². The number of allylic oxidation sites excluding steroid dienone is 4. The molecule has 3 fully saturated rings. The molecular weight excluding hydrogens is 492 g/mol. The van der Waals surface area contributed by atoms with E-state index in [2.05, 4.69) is 60.6 Å². The van der Waals surface area contributed by atoms with Gasteiger partial charge < -0.3 is 9.84 Å². The lowest BCUT2D eigenvalue weighted by Crippen LogP contribution is -2.61. The Balaban J connectivity index is 1.32. The number of aliphatic hydroxyl groups is 1. The SMILES string of the molecule is CC1(C)[C@@H](OC(=O)c2ccccc2)CC[C@]2(C)C3=CC[C@@]4(C)C5C[C@](C)(CO)CC[C@]5(C)CC[C@]4(C)C3=CC[C@@H]12. The van der Waals surface area contributed by atoms with E-state index < -0.39 is 0 Å². The highest BCUT2D eigenvalue weighted by Gasteiger charge is 2.66. The fourth-order valence-electron chi connectivity index (χ4n) is 10.8. The number of aliphatic hydroxyl groups excluding tert-OH is 1. The summed E-state index contributed by atoms with van der Waals surface area (Å²) in [6.45, 7) is 17.6. The second-order valence-corrected chi connectivity index (χ2v) is 16.4. The summed E-state index contributed by atoms with van der Waals surface area (Å²) in [5.74, 6) is 0.868. The molecule has 0 spiro atoms. The Morgan fingerprint density at radius 2 is 1.57 bits per heavy atom. The summed E-state index contributed by atoms with van der Waals surface area (Å²) in [6.07, 6.45) is 15.4. The van der Waals surface area contributed by atoms with Gasteiger partial charge in [0.15, 0.2) is 0 Å². The van der Waals surface area contributed by atoms with Crippen LogP contribution < -0.4 is 0 Å². The molecule has 1 aromatic carbocycles. The zero-order valence-corrected chi connectivity index (χ0v) is 26.1. The quantitative estimate of drug-likeness (QED) is 0.386. The van der Waals surface area contributed by atoms with E-state index in [1.165, 1.54) is 19.3 Å². The van der Waals surface area contributed by atoms with Crippen LogP contribution in [0.3, 0.4) is 0 Å². The lowest BCUT2D eigenvalue weighted by molar-refractivity contribution is -0.150. The Labute approximate surface area is 242 Å². The van der Waals surface area contributed by atoms with E-state index in [-0.39, 0.29) is 39.1 Å². The van der Waals surface area contributed by atoms with Gasteiger partial charge in [-0.2, -0.15) is 0 Å². The minimum Gasteiger partial charge on any atom is -0.458 e. The molecule has 1 N–H and O–H groups in total. The Kier molecular flexibility index (Phi) is 6.40. The van der Waals surface area contributed by atoms with Gasteiger partial charge in [0.25, 0.3) is 0 Å². The predicted octanol–water partition coefficient (Wildman–Crippen LogP) is 8.93. The van der Waals surface area contributed by atoms with E-state index in [1.54, 1.807) is 11.1 Å². The van der Waals surface area contributed by atoms with Crippen molar-refractivity contribution in [3.8, 4) is 0 Å². The molecular formula is C37H52O3. The first kappa shape index (κ1) is 28.3. The maximum Gasteiger partial charge on any atom is 0.338 e. The van der Waals surface area contributed by atoms with E-state index in [4.69, 9.17) is 4.74 Å². The molecule has 0 heterocycles. The van der Waals surface area contributed by atoms with Crippen molar-refractivity contribution in [1.29, 1.82) is 0 Å². The van der Waals surface area contributed by atoms with Gasteiger partial charge >= 0.3 is 5.97 Å². The number of benzene rings is 1. The third kappa shape index (κ3) is 3.81. The van der Waals surface area contributed by atoms with Gasteiger partial charge in [-0.1, -0.05) is 78.8 Å². The first-order valence-corrected chi connectivity index (χ1v) is 16.0. The highest BCUT2D eigenvalue weighted by molar-refractivity contribution is 5.89. The first-order valence-electron chi connectivity index (χ1n) is 16.0. The first-order chi connectivity index (χ1) is 18.7. The fourth-order valence-corrected chi connectivity index (χ4v) is 10.8. The summed E-state index contributed by atoms with van der Waals surface area (Å²) >= 11 is 0. The van der Waals surface area contributed by atoms with Crippen molar-refractivity contribution in [1.82, 2.24) is 0 Å². The number of rotatable bonds is 3. The molecule has 0 aliphatic heterocycles. The predicted molar refractivity (Wildman–Crippen MR) is 162 cm³/mol. The van der Waals surface area contributed by atoms with Gasteiger partial charge in [-0.15, -0.1) is 0 Å². The van der Waals surface area contributed by atoms with Crippen molar-refractivity contribution >= 4 is 5.97 Å². The molecule has 0 radical (unpaired) electrons. The number of hydrogen-bond donors (Lipinski definition) is 1. The van der Waals surface area contributed by atoms with E-state index in [0.717, 1.165) is 38.5 Å². The van der Waals surface area contributed by atoms with Gasteiger partial charge in [0.1, 0.15) is 6.10 Å². The zero-order chi connectivity index (χ0) is 28.8. The molecule has 1 aromatic rings. The van der Waals surface area contributed by atoms with Gasteiger partial charge in [0.2, 0.25) is 0 Å². The molecule has 218 valence electrons. The molecule has 5 aliphatic rings. The summed E-state index contributed by atoms with van der Waals surface area (Å²) in [4.78, 5) is 13.1. The topological polar surface area (TPSA) is 46.5 Å². The van der Waals surface area contributed by atoms with Crippen LogP contribution >= 0.6 is 0 Å². The van der Waals surface area contributed by atoms with Gasteiger partial charge in [-0.25, -0.2) is 4.79 Å². The molecule has 0 bridgehead atoms. The molecule has 3 saturated carbocycles. The molecule has 0 amide bonds. The zero-order valence-electron chi connectivity index (χ0n) is 26.1. The Morgan fingerprint density at radius 3 is 2.27 bits per heavy atom. The largest absolute Gasteiger partial charge is 0.458 e. The molecule has 8 atom stereocenters. The highest BCUT2D eigenvalue weighted by atomic mass is 16.5. The second kappa shape index (κ2) is 9.06. The highest BCUT2D eigenvalue weighted by Crippen LogP contribution is 2.74. The number of carbonyl (C=O) groups excluding carboxylic acids is 1. The molecule has 3 heteroatoms. The minimum atomic E-state index is -0.193. The Bertz CT molecular complexity index is 1240. The number of hydrogen-bond acceptors (Lipinski definition) is 3. The van der Waals surface area contributed by atoms with Gasteiger partial charge in [0.05, 0.1) is 5.56 Å². The van der Waals surface area contributed by atoms with E-state index in [1.807, 2.05) is 30.3 Å². The summed E-state index contributed by atoms with van der Waals surface area (Å²) in [5, 5.41) is 10.4. The fraction of sp³-hybridized carbons (Fsp3) is 0.703.